The average molecular weight is 425 g/mol. The maximum Gasteiger partial charge on any atom is 0.241 e. The lowest BCUT2D eigenvalue weighted by molar-refractivity contribution is -0.129. The molecule has 0 aromatic heterocycles. The summed E-state index contributed by atoms with van der Waals surface area (Å²) in [6.07, 6.45) is 6.16. The molecule has 5 nitrogen and oxygen atoms in total. The van der Waals surface area contributed by atoms with E-state index >= 15 is 0 Å². The second-order valence-corrected chi connectivity index (χ2v) is 11.6. The van der Waals surface area contributed by atoms with Crippen LogP contribution in [0.4, 0.5) is 0 Å². The maximum absolute atomic E-state index is 13.1. The molecule has 2 N–H and O–H groups in total. The largest absolute Gasteiger partial charge is 0.351 e. The molecule has 4 bridgehead atoms. The highest BCUT2D eigenvalue weighted by atomic mass is 35.5. The molecule has 4 saturated carbocycles. The van der Waals surface area contributed by atoms with E-state index in [1.807, 2.05) is 0 Å². The number of carbonyl (C=O) groups is 1. The Labute approximate surface area is 172 Å². The predicted molar refractivity (Wildman–Crippen MR) is 110 cm³/mol. The lowest BCUT2D eigenvalue weighted by atomic mass is 9.54. The summed E-state index contributed by atoms with van der Waals surface area (Å²) in [5.74, 6) is 2.49. The molecule has 0 atom stereocenters. The van der Waals surface area contributed by atoms with Crippen LogP contribution in [-0.2, 0) is 14.8 Å². The van der Waals surface area contributed by atoms with Crippen LogP contribution < -0.4 is 10.0 Å². The Morgan fingerprint density at radius 3 is 2.21 bits per heavy atom. The Morgan fingerprint density at radius 1 is 1.07 bits per heavy atom. The zero-order chi connectivity index (χ0) is 20.3. The van der Waals surface area contributed by atoms with Gasteiger partial charge in [0, 0.05) is 11.1 Å². The highest BCUT2D eigenvalue weighted by Crippen LogP contribution is 2.53. The molecule has 0 saturated heterocycles. The molecule has 4 aliphatic rings. The van der Waals surface area contributed by atoms with Crippen molar-refractivity contribution >= 4 is 27.5 Å². The van der Waals surface area contributed by atoms with Gasteiger partial charge in [0.15, 0.2) is 0 Å². The number of benzene rings is 1. The van der Waals surface area contributed by atoms with Crippen molar-refractivity contribution in [3.63, 3.8) is 0 Å². The first kappa shape index (κ1) is 20.2. The van der Waals surface area contributed by atoms with Crippen molar-refractivity contribution in [3.05, 3.63) is 28.8 Å². The van der Waals surface area contributed by atoms with Gasteiger partial charge in [-0.1, -0.05) is 17.7 Å². The standard InChI is InChI=1S/C21H29ClN2O3S/c1-12-17(22)5-4-6-18(12)28(26,27)24-21(2,3)20(25)23-19-15-8-13-7-14(10-15)11-16(19)9-13/h4-6,13-16,19,24H,7-11H2,1-3H3,(H,23,25). The van der Waals surface area contributed by atoms with E-state index in [0.717, 1.165) is 11.8 Å². The van der Waals surface area contributed by atoms with Crippen molar-refractivity contribution in [2.75, 3.05) is 0 Å². The minimum Gasteiger partial charge on any atom is -0.351 e. The molecule has 0 unspecified atom stereocenters. The van der Waals surface area contributed by atoms with Crippen LogP contribution in [0.25, 0.3) is 0 Å². The zero-order valence-corrected chi connectivity index (χ0v) is 18.2. The van der Waals surface area contributed by atoms with Crippen molar-refractivity contribution in [1.29, 1.82) is 0 Å². The molecule has 0 radical (unpaired) electrons. The molecular weight excluding hydrogens is 396 g/mol. The number of rotatable bonds is 5. The minimum absolute atomic E-state index is 0.107. The van der Waals surface area contributed by atoms with Crippen LogP contribution in [0.3, 0.4) is 0 Å². The fourth-order valence-corrected chi connectivity index (χ4v) is 7.68. The highest BCUT2D eigenvalue weighted by Gasteiger charge is 2.49. The third kappa shape index (κ3) is 3.59. The number of amides is 1. The van der Waals surface area contributed by atoms with Crippen molar-refractivity contribution in [2.24, 2.45) is 23.7 Å². The molecule has 4 aliphatic carbocycles. The molecule has 4 fully saturated rings. The van der Waals surface area contributed by atoms with Gasteiger partial charge in [-0.2, -0.15) is 4.72 Å². The lowest BCUT2D eigenvalue weighted by Crippen LogP contribution is -2.62. The number of sulfonamides is 1. The van der Waals surface area contributed by atoms with E-state index in [0.29, 0.717) is 22.4 Å². The third-order valence-corrected chi connectivity index (χ3v) is 9.20. The molecule has 28 heavy (non-hydrogen) atoms. The van der Waals surface area contributed by atoms with E-state index in [1.54, 1.807) is 32.9 Å². The molecule has 0 spiro atoms. The van der Waals surface area contributed by atoms with Crippen LogP contribution in [0.2, 0.25) is 5.02 Å². The molecule has 0 heterocycles. The third-order valence-electron chi connectivity index (χ3n) is 6.99. The number of carbonyl (C=O) groups excluding carboxylic acids is 1. The number of nitrogens with one attached hydrogen (secondary N) is 2. The second-order valence-electron chi connectivity index (χ2n) is 9.52. The Hall–Kier alpha value is -1.11. The zero-order valence-electron chi connectivity index (χ0n) is 16.7. The van der Waals surface area contributed by atoms with Gasteiger partial charge in [-0.3, -0.25) is 4.79 Å². The van der Waals surface area contributed by atoms with Crippen molar-refractivity contribution in [2.45, 2.75) is 69.4 Å². The second kappa shape index (κ2) is 6.99. The summed E-state index contributed by atoms with van der Waals surface area (Å²) < 4.78 is 28.4. The van der Waals surface area contributed by atoms with Crippen LogP contribution in [0.15, 0.2) is 23.1 Å². The molecule has 0 aliphatic heterocycles. The fraction of sp³-hybridized carbons (Fsp3) is 0.667. The summed E-state index contributed by atoms with van der Waals surface area (Å²) in [5, 5.41) is 3.60. The molecule has 5 rings (SSSR count). The van der Waals surface area contributed by atoms with Crippen LogP contribution in [-0.4, -0.2) is 25.9 Å². The van der Waals surface area contributed by atoms with Gasteiger partial charge in [-0.25, -0.2) is 8.42 Å². The van der Waals surface area contributed by atoms with Crippen molar-refractivity contribution in [3.8, 4) is 0 Å². The number of halogens is 1. The predicted octanol–water partition coefficient (Wildman–Crippen LogP) is 3.65. The SMILES string of the molecule is Cc1c(Cl)cccc1S(=O)(=O)NC(C)(C)C(=O)NC1C2CC3CC(C2)CC1C3. The Bertz CT molecular complexity index is 869. The van der Waals surface area contributed by atoms with Crippen molar-refractivity contribution < 1.29 is 13.2 Å². The normalized spacial score (nSPS) is 31.8. The topological polar surface area (TPSA) is 75.3 Å². The van der Waals surface area contributed by atoms with E-state index in [1.165, 1.54) is 38.2 Å². The van der Waals surface area contributed by atoms with E-state index in [-0.39, 0.29) is 16.8 Å². The van der Waals surface area contributed by atoms with Gasteiger partial charge in [0.25, 0.3) is 0 Å². The van der Waals surface area contributed by atoms with Crippen LogP contribution in [0, 0.1) is 30.6 Å². The summed E-state index contributed by atoms with van der Waals surface area (Å²) in [6, 6.07) is 4.94. The van der Waals surface area contributed by atoms with Crippen molar-refractivity contribution in [1.82, 2.24) is 10.0 Å². The Kier molecular flexibility index (Phi) is 5.04. The van der Waals surface area contributed by atoms with E-state index in [9.17, 15) is 13.2 Å². The van der Waals surface area contributed by atoms with Crippen LogP contribution >= 0.6 is 11.6 Å². The Morgan fingerprint density at radius 2 is 1.64 bits per heavy atom. The van der Waals surface area contributed by atoms with E-state index in [4.69, 9.17) is 11.6 Å². The first-order valence-corrected chi connectivity index (χ1v) is 12.0. The van der Waals surface area contributed by atoms with Gasteiger partial charge in [-0.05, 0) is 94.2 Å². The number of hydrogen-bond donors (Lipinski definition) is 2. The lowest BCUT2D eigenvalue weighted by Gasteiger charge is -2.54. The van der Waals surface area contributed by atoms with Gasteiger partial charge < -0.3 is 5.32 Å². The summed E-state index contributed by atoms with van der Waals surface area (Å²) in [6.45, 7) is 4.91. The van der Waals surface area contributed by atoms with Gasteiger partial charge in [0.2, 0.25) is 15.9 Å². The molecule has 7 heteroatoms. The highest BCUT2D eigenvalue weighted by molar-refractivity contribution is 7.89. The molecule has 1 aromatic rings. The average Bonchev–Trinajstić information content (AvgIpc) is 2.58. The molecule has 1 aromatic carbocycles. The monoisotopic (exact) mass is 424 g/mol. The van der Waals surface area contributed by atoms with Gasteiger partial charge in [-0.15, -0.1) is 0 Å². The summed E-state index contributed by atoms with van der Waals surface area (Å²) >= 11 is 6.08. The summed E-state index contributed by atoms with van der Waals surface area (Å²) in [5.41, 5.74) is -0.767. The maximum atomic E-state index is 13.1. The molecular formula is C21H29ClN2O3S. The first-order chi connectivity index (χ1) is 13.1. The van der Waals surface area contributed by atoms with Crippen LogP contribution in [0.1, 0.15) is 51.5 Å². The molecule has 1 amide bonds. The summed E-state index contributed by atoms with van der Waals surface area (Å²) in [7, 11) is -3.87. The number of hydrogen-bond acceptors (Lipinski definition) is 3. The van der Waals surface area contributed by atoms with E-state index in [2.05, 4.69) is 10.0 Å². The van der Waals surface area contributed by atoms with Gasteiger partial charge in [0.1, 0.15) is 5.54 Å². The summed E-state index contributed by atoms with van der Waals surface area (Å²) in [4.78, 5) is 13.2. The Balaban J connectivity index is 1.49. The van der Waals surface area contributed by atoms with Gasteiger partial charge >= 0.3 is 0 Å². The van der Waals surface area contributed by atoms with Gasteiger partial charge in [0.05, 0.1) is 4.90 Å². The van der Waals surface area contributed by atoms with E-state index < -0.39 is 15.6 Å². The molecule has 154 valence electrons. The smallest absolute Gasteiger partial charge is 0.241 e. The quantitative estimate of drug-likeness (QED) is 0.757. The fourth-order valence-electron chi connectivity index (χ4n) is 5.81. The first-order valence-electron chi connectivity index (χ1n) is 10.2. The van der Waals surface area contributed by atoms with Crippen LogP contribution in [0.5, 0.6) is 0 Å². The minimum atomic E-state index is -3.87.